The molecule has 2 aliphatic rings. The normalized spacial score (nSPS) is 24.8. The lowest BCUT2D eigenvalue weighted by Gasteiger charge is -2.13. The number of carbonyl (C=O) groups is 1. The van der Waals surface area contributed by atoms with Crippen molar-refractivity contribution in [2.75, 3.05) is 5.32 Å². The van der Waals surface area contributed by atoms with Crippen LogP contribution in [-0.2, 0) is 11.2 Å². The van der Waals surface area contributed by atoms with Crippen LogP contribution in [0.2, 0.25) is 0 Å². The van der Waals surface area contributed by atoms with Crippen molar-refractivity contribution in [1.29, 1.82) is 0 Å². The molecule has 0 bridgehead atoms. The molecule has 0 radical (unpaired) electrons. The average molecular weight is 278 g/mol. The van der Waals surface area contributed by atoms with Crippen molar-refractivity contribution in [2.24, 2.45) is 16.7 Å². The Hall–Kier alpha value is -1.02. The van der Waals surface area contributed by atoms with Gasteiger partial charge in [-0.1, -0.05) is 39.8 Å². The van der Waals surface area contributed by atoms with Gasteiger partial charge in [-0.2, -0.15) is 0 Å². The Morgan fingerprint density at radius 2 is 1.89 bits per heavy atom. The van der Waals surface area contributed by atoms with E-state index in [9.17, 15) is 4.79 Å². The van der Waals surface area contributed by atoms with Crippen LogP contribution in [0.1, 0.15) is 44.2 Å². The molecular formula is C16H20ClNO. The summed E-state index contributed by atoms with van der Waals surface area (Å²) in [7, 11) is 0. The van der Waals surface area contributed by atoms with E-state index in [2.05, 4.69) is 39.1 Å². The summed E-state index contributed by atoms with van der Waals surface area (Å²) < 4.78 is 0. The highest BCUT2D eigenvalue weighted by molar-refractivity contribution is 6.21. The van der Waals surface area contributed by atoms with E-state index < -0.39 is 0 Å². The molecule has 1 aliphatic carbocycles. The second kappa shape index (κ2) is 3.76. The first-order valence-electron chi connectivity index (χ1n) is 6.82. The third-order valence-electron chi connectivity index (χ3n) is 5.50. The smallest absolute Gasteiger partial charge is 0.228 e. The highest BCUT2D eigenvalue weighted by atomic mass is 35.5. The number of amides is 1. The molecule has 0 spiro atoms. The SMILES string of the molecule is CC1(C)C(C(Cl)c2ccc3c(c2)CC(=O)N3)C1(C)C. The number of alkyl halides is 1. The summed E-state index contributed by atoms with van der Waals surface area (Å²) in [5, 5.41) is 2.88. The van der Waals surface area contributed by atoms with E-state index in [1.165, 1.54) is 0 Å². The van der Waals surface area contributed by atoms with Crippen LogP contribution in [0.5, 0.6) is 0 Å². The van der Waals surface area contributed by atoms with Crippen molar-refractivity contribution in [2.45, 2.75) is 39.5 Å². The predicted octanol–water partition coefficient (Wildman–Crippen LogP) is 4.14. The quantitative estimate of drug-likeness (QED) is 0.809. The van der Waals surface area contributed by atoms with Crippen molar-refractivity contribution in [3.63, 3.8) is 0 Å². The molecule has 1 saturated carbocycles. The van der Waals surface area contributed by atoms with Gasteiger partial charge in [0.2, 0.25) is 5.91 Å². The Morgan fingerprint density at radius 1 is 1.26 bits per heavy atom. The topological polar surface area (TPSA) is 29.1 Å². The van der Waals surface area contributed by atoms with Crippen molar-refractivity contribution in [3.8, 4) is 0 Å². The van der Waals surface area contributed by atoms with Crippen molar-refractivity contribution in [1.82, 2.24) is 0 Å². The summed E-state index contributed by atoms with van der Waals surface area (Å²) in [6, 6.07) is 6.12. The lowest BCUT2D eigenvalue weighted by atomic mass is 9.99. The Morgan fingerprint density at radius 3 is 2.47 bits per heavy atom. The van der Waals surface area contributed by atoms with Gasteiger partial charge in [0, 0.05) is 5.69 Å². The Kier molecular flexibility index (Phi) is 2.57. The zero-order valence-electron chi connectivity index (χ0n) is 11.9. The molecule has 1 unspecified atom stereocenters. The van der Waals surface area contributed by atoms with E-state index in [1.54, 1.807) is 0 Å². The fourth-order valence-electron chi connectivity index (χ4n) is 3.59. The van der Waals surface area contributed by atoms with E-state index >= 15 is 0 Å². The van der Waals surface area contributed by atoms with Crippen LogP contribution < -0.4 is 5.32 Å². The fourth-order valence-corrected chi connectivity index (χ4v) is 4.36. The monoisotopic (exact) mass is 277 g/mol. The van der Waals surface area contributed by atoms with Crippen molar-refractivity contribution in [3.05, 3.63) is 29.3 Å². The molecule has 1 heterocycles. The zero-order valence-corrected chi connectivity index (χ0v) is 12.6. The van der Waals surface area contributed by atoms with Crippen LogP contribution in [0.4, 0.5) is 5.69 Å². The van der Waals surface area contributed by atoms with Gasteiger partial charge in [-0.25, -0.2) is 0 Å². The Labute approximate surface area is 119 Å². The number of hydrogen-bond donors (Lipinski definition) is 1. The zero-order chi connectivity index (χ0) is 14.0. The largest absolute Gasteiger partial charge is 0.326 e. The van der Waals surface area contributed by atoms with Gasteiger partial charge in [0.1, 0.15) is 0 Å². The number of benzene rings is 1. The molecule has 1 aromatic carbocycles. The fraction of sp³-hybridized carbons (Fsp3) is 0.562. The molecule has 2 nitrogen and oxygen atoms in total. The number of fused-ring (bicyclic) bond motifs is 1. The van der Waals surface area contributed by atoms with E-state index in [4.69, 9.17) is 11.6 Å². The van der Waals surface area contributed by atoms with Crippen LogP contribution >= 0.6 is 11.6 Å². The lowest BCUT2D eigenvalue weighted by Crippen LogP contribution is -2.03. The maximum Gasteiger partial charge on any atom is 0.228 e. The maximum atomic E-state index is 11.4. The minimum atomic E-state index is 0.0194. The summed E-state index contributed by atoms with van der Waals surface area (Å²) in [4.78, 5) is 11.4. The van der Waals surface area contributed by atoms with Gasteiger partial charge in [-0.3, -0.25) is 4.79 Å². The van der Waals surface area contributed by atoms with Crippen molar-refractivity contribution < 1.29 is 4.79 Å². The molecule has 1 fully saturated rings. The summed E-state index contributed by atoms with van der Waals surface area (Å²) >= 11 is 6.71. The van der Waals surface area contributed by atoms with Gasteiger partial charge in [-0.05, 0) is 33.9 Å². The molecule has 3 rings (SSSR count). The second-order valence-corrected chi connectivity index (χ2v) is 7.43. The molecule has 1 N–H and O–H groups in total. The van der Waals surface area contributed by atoms with Crippen molar-refractivity contribution >= 4 is 23.2 Å². The molecule has 1 aliphatic heterocycles. The van der Waals surface area contributed by atoms with Crippen LogP contribution in [0.3, 0.4) is 0 Å². The second-order valence-electron chi connectivity index (χ2n) is 6.96. The Balaban J connectivity index is 1.89. The number of carbonyl (C=O) groups excluding carboxylic acids is 1. The summed E-state index contributed by atoms with van der Waals surface area (Å²) in [5.41, 5.74) is 3.69. The van der Waals surface area contributed by atoms with E-state index in [1.807, 2.05) is 12.1 Å². The molecule has 0 aromatic heterocycles. The van der Waals surface area contributed by atoms with Gasteiger partial charge in [0.25, 0.3) is 0 Å². The average Bonchev–Trinajstić information content (AvgIpc) is 2.58. The lowest BCUT2D eigenvalue weighted by molar-refractivity contribution is -0.115. The van der Waals surface area contributed by atoms with Crippen LogP contribution in [0.25, 0.3) is 0 Å². The number of anilines is 1. The molecule has 1 aromatic rings. The highest BCUT2D eigenvalue weighted by Gasteiger charge is 2.67. The summed E-state index contributed by atoms with van der Waals surface area (Å²) in [5.74, 6) is 0.551. The minimum Gasteiger partial charge on any atom is -0.326 e. The maximum absolute atomic E-state index is 11.4. The van der Waals surface area contributed by atoms with Gasteiger partial charge in [0.05, 0.1) is 11.8 Å². The molecular weight excluding hydrogens is 258 g/mol. The van der Waals surface area contributed by atoms with Gasteiger partial charge in [0.15, 0.2) is 0 Å². The molecule has 3 heteroatoms. The first-order valence-corrected chi connectivity index (χ1v) is 7.25. The number of nitrogens with one attached hydrogen (secondary N) is 1. The number of halogens is 1. The van der Waals surface area contributed by atoms with E-state index in [0.29, 0.717) is 12.3 Å². The molecule has 0 saturated heterocycles. The molecule has 102 valence electrons. The number of rotatable bonds is 2. The number of hydrogen-bond acceptors (Lipinski definition) is 1. The minimum absolute atomic E-state index is 0.0194. The van der Waals surface area contributed by atoms with E-state index in [0.717, 1.165) is 16.8 Å². The third-order valence-corrected chi connectivity index (χ3v) is 6.00. The van der Waals surface area contributed by atoms with Gasteiger partial charge < -0.3 is 5.32 Å². The summed E-state index contributed by atoms with van der Waals surface area (Å²) in [6.07, 6.45) is 0.476. The van der Waals surface area contributed by atoms with Crippen LogP contribution in [0.15, 0.2) is 18.2 Å². The highest BCUT2D eigenvalue weighted by Crippen LogP contribution is 2.73. The standard InChI is InChI=1S/C16H20ClNO/c1-15(2)14(16(15,3)4)13(17)9-5-6-11-10(7-9)8-12(19)18-11/h5-7,13-14H,8H2,1-4H3,(H,18,19). The van der Waals surface area contributed by atoms with Crippen LogP contribution in [-0.4, -0.2) is 5.91 Å². The first kappa shape index (κ1) is 13.0. The Bertz CT molecular complexity index is 548. The summed E-state index contributed by atoms with van der Waals surface area (Å²) in [6.45, 7) is 9.13. The third kappa shape index (κ3) is 1.73. The van der Waals surface area contributed by atoms with Gasteiger partial charge in [-0.15, -0.1) is 11.6 Å². The van der Waals surface area contributed by atoms with E-state index in [-0.39, 0.29) is 22.1 Å². The predicted molar refractivity (Wildman–Crippen MR) is 78.4 cm³/mol. The molecule has 1 atom stereocenters. The molecule has 19 heavy (non-hydrogen) atoms. The van der Waals surface area contributed by atoms with Crippen LogP contribution in [0, 0.1) is 16.7 Å². The molecule has 1 amide bonds. The first-order chi connectivity index (χ1) is 8.75. The van der Waals surface area contributed by atoms with Gasteiger partial charge >= 0.3 is 0 Å².